The summed E-state index contributed by atoms with van der Waals surface area (Å²) in [7, 11) is 0. The number of hydrogen-bond acceptors (Lipinski definition) is 6. The number of thiophene rings is 1. The summed E-state index contributed by atoms with van der Waals surface area (Å²) in [5.74, 6) is 0.588. The van der Waals surface area contributed by atoms with E-state index < -0.39 is 5.91 Å². The normalized spacial score (nSPS) is 13.9. The molecule has 1 N–H and O–H groups in total. The van der Waals surface area contributed by atoms with E-state index >= 15 is 0 Å². The van der Waals surface area contributed by atoms with Gasteiger partial charge in [-0.3, -0.25) is 4.79 Å². The van der Waals surface area contributed by atoms with Gasteiger partial charge in [-0.15, -0.1) is 11.3 Å². The van der Waals surface area contributed by atoms with Crippen LogP contribution >= 0.6 is 27.3 Å². The Morgan fingerprint density at radius 3 is 2.73 bits per heavy atom. The van der Waals surface area contributed by atoms with E-state index in [1.54, 1.807) is 12.1 Å². The number of halogens is 1. The average molecular weight is 528 g/mol. The molecule has 3 rings (SSSR count). The van der Waals surface area contributed by atoms with Gasteiger partial charge in [0.05, 0.1) is 22.7 Å². The lowest BCUT2D eigenvalue weighted by molar-refractivity contribution is -0.112. The highest BCUT2D eigenvalue weighted by atomic mass is 79.9. The fraction of sp³-hybridized carbons (Fsp3) is 0.400. The largest absolute Gasteiger partial charge is 0.490 e. The first kappa shape index (κ1) is 24.8. The summed E-state index contributed by atoms with van der Waals surface area (Å²) in [5.41, 5.74) is 2.12. The molecule has 1 aromatic carbocycles. The summed E-state index contributed by atoms with van der Waals surface area (Å²) in [6, 6.07) is 7.75. The lowest BCUT2D eigenvalue weighted by Crippen LogP contribution is -2.13. The minimum atomic E-state index is -0.540. The Balaban J connectivity index is 1.90. The van der Waals surface area contributed by atoms with Crippen LogP contribution in [0.4, 0.5) is 5.00 Å². The average Bonchev–Trinajstić information content (AvgIpc) is 3.16. The number of nitrogens with one attached hydrogen (secondary N) is 1. The van der Waals surface area contributed by atoms with E-state index in [1.807, 2.05) is 26.8 Å². The molecule has 6 nitrogen and oxygen atoms in total. The van der Waals surface area contributed by atoms with Crippen molar-refractivity contribution >= 4 is 44.3 Å². The Bertz CT molecular complexity index is 1160. The minimum Gasteiger partial charge on any atom is -0.490 e. The van der Waals surface area contributed by atoms with Crippen LogP contribution in [0.5, 0.6) is 11.5 Å². The maximum atomic E-state index is 12.9. The molecule has 1 heterocycles. The van der Waals surface area contributed by atoms with Crippen LogP contribution in [0.25, 0.3) is 6.08 Å². The van der Waals surface area contributed by atoms with Crippen molar-refractivity contribution in [2.75, 3.05) is 11.9 Å². The Hall–Kier alpha value is -2.81. The molecule has 0 bridgehead atoms. The highest BCUT2D eigenvalue weighted by Crippen LogP contribution is 2.39. The molecule has 1 aliphatic rings. The molecular weight excluding hydrogens is 502 g/mol. The molecule has 1 aromatic heterocycles. The van der Waals surface area contributed by atoms with Gasteiger partial charge in [-0.05, 0) is 91.2 Å². The molecule has 0 spiro atoms. The van der Waals surface area contributed by atoms with Crippen LogP contribution in [-0.4, -0.2) is 18.6 Å². The molecule has 1 aliphatic carbocycles. The van der Waals surface area contributed by atoms with Crippen molar-refractivity contribution < 1.29 is 14.3 Å². The van der Waals surface area contributed by atoms with E-state index in [0.29, 0.717) is 38.7 Å². The molecule has 0 aliphatic heterocycles. The standard InChI is InChI=1S/C25H26BrN3O3S/c1-4-15(3)32-23-20(26)11-16(12-21(23)31-5-2)10-17(13-27)24(30)29-25-19(14-28)18-8-6-7-9-22(18)33-25/h10-12,15H,4-9H2,1-3H3,(H,29,30)/b17-10+/t15-/m1/s1. The molecule has 0 radical (unpaired) electrons. The first-order chi connectivity index (χ1) is 15.9. The first-order valence-electron chi connectivity index (χ1n) is 11.0. The van der Waals surface area contributed by atoms with E-state index in [4.69, 9.17) is 9.47 Å². The van der Waals surface area contributed by atoms with Crippen LogP contribution in [0.1, 0.15) is 61.6 Å². The number of amides is 1. The number of nitriles is 2. The smallest absolute Gasteiger partial charge is 0.266 e. The van der Waals surface area contributed by atoms with Crippen LogP contribution in [-0.2, 0) is 17.6 Å². The van der Waals surface area contributed by atoms with Gasteiger partial charge in [-0.1, -0.05) is 6.92 Å². The van der Waals surface area contributed by atoms with E-state index in [2.05, 4.69) is 27.3 Å². The Labute approximate surface area is 206 Å². The van der Waals surface area contributed by atoms with Crippen molar-refractivity contribution in [1.29, 1.82) is 10.5 Å². The third-order valence-electron chi connectivity index (χ3n) is 5.41. The van der Waals surface area contributed by atoms with E-state index in [-0.39, 0.29) is 11.7 Å². The second-order valence-corrected chi connectivity index (χ2v) is 9.71. The van der Waals surface area contributed by atoms with Crippen molar-refractivity contribution in [3.8, 4) is 23.6 Å². The fourth-order valence-electron chi connectivity index (χ4n) is 3.59. The van der Waals surface area contributed by atoms with E-state index in [1.165, 1.54) is 17.4 Å². The minimum absolute atomic E-state index is 0.00768. The molecule has 2 aromatic rings. The highest BCUT2D eigenvalue weighted by Gasteiger charge is 2.23. The topological polar surface area (TPSA) is 95.1 Å². The van der Waals surface area contributed by atoms with Crippen molar-refractivity contribution in [3.63, 3.8) is 0 Å². The second-order valence-electron chi connectivity index (χ2n) is 7.75. The van der Waals surface area contributed by atoms with Gasteiger partial charge in [0, 0.05) is 4.88 Å². The molecule has 0 saturated carbocycles. The van der Waals surface area contributed by atoms with Gasteiger partial charge < -0.3 is 14.8 Å². The van der Waals surface area contributed by atoms with Crippen LogP contribution in [0.2, 0.25) is 0 Å². The lowest BCUT2D eigenvalue weighted by Gasteiger charge is -2.18. The third kappa shape index (κ3) is 5.76. The fourth-order valence-corrected chi connectivity index (χ4v) is 5.38. The zero-order valence-corrected chi connectivity index (χ0v) is 21.4. The van der Waals surface area contributed by atoms with Crippen molar-refractivity contribution in [1.82, 2.24) is 0 Å². The summed E-state index contributed by atoms with van der Waals surface area (Å²) in [6.07, 6.45) is 6.26. The first-order valence-corrected chi connectivity index (χ1v) is 12.6. The number of rotatable bonds is 8. The second kappa shape index (κ2) is 11.4. The number of nitrogens with zero attached hydrogens (tertiary/aromatic N) is 2. The molecule has 8 heteroatoms. The summed E-state index contributed by atoms with van der Waals surface area (Å²) < 4.78 is 12.4. The monoisotopic (exact) mass is 527 g/mol. The molecular formula is C25H26BrN3O3S. The summed E-state index contributed by atoms with van der Waals surface area (Å²) in [4.78, 5) is 14.1. The quantitative estimate of drug-likeness (QED) is 0.317. The van der Waals surface area contributed by atoms with E-state index in [9.17, 15) is 15.3 Å². The predicted octanol–water partition coefficient (Wildman–Crippen LogP) is 6.38. The number of carbonyl (C=O) groups excluding carboxylic acids is 1. The van der Waals surface area contributed by atoms with Gasteiger partial charge in [0.2, 0.25) is 0 Å². The molecule has 33 heavy (non-hydrogen) atoms. The number of ether oxygens (including phenoxy) is 2. The van der Waals surface area contributed by atoms with Gasteiger partial charge in [-0.25, -0.2) is 0 Å². The molecule has 1 atom stereocenters. The maximum Gasteiger partial charge on any atom is 0.266 e. The molecule has 1 amide bonds. The van der Waals surface area contributed by atoms with Crippen molar-refractivity contribution in [2.24, 2.45) is 0 Å². The van der Waals surface area contributed by atoms with Gasteiger partial charge in [0.25, 0.3) is 5.91 Å². The zero-order chi connectivity index (χ0) is 24.0. The van der Waals surface area contributed by atoms with Crippen LogP contribution < -0.4 is 14.8 Å². The molecule has 0 saturated heterocycles. The molecule has 0 fully saturated rings. The maximum absolute atomic E-state index is 12.9. The van der Waals surface area contributed by atoms with Gasteiger partial charge in [-0.2, -0.15) is 10.5 Å². The third-order valence-corrected chi connectivity index (χ3v) is 7.21. The highest BCUT2D eigenvalue weighted by molar-refractivity contribution is 9.10. The lowest BCUT2D eigenvalue weighted by atomic mass is 9.96. The van der Waals surface area contributed by atoms with Gasteiger partial charge >= 0.3 is 0 Å². The molecule has 0 unspecified atom stereocenters. The zero-order valence-electron chi connectivity index (χ0n) is 19.0. The number of aryl methyl sites for hydroxylation is 1. The summed E-state index contributed by atoms with van der Waals surface area (Å²) in [6.45, 7) is 6.34. The van der Waals surface area contributed by atoms with Crippen LogP contribution in [0.3, 0.4) is 0 Å². The Morgan fingerprint density at radius 1 is 1.30 bits per heavy atom. The summed E-state index contributed by atoms with van der Waals surface area (Å²) in [5, 5.41) is 22.6. The number of anilines is 1. The summed E-state index contributed by atoms with van der Waals surface area (Å²) >= 11 is 4.96. The molecule has 172 valence electrons. The number of carbonyl (C=O) groups is 1. The predicted molar refractivity (Wildman–Crippen MR) is 134 cm³/mol. The van der Waals surface area contributed by atoms with Gasteiger partial charge in [0.1, 0.15) is 22.7 Å². The van der Waals surface area contributed by atoms with Gasteiger partial charge in [0.15, 0.2) is 11.5 Å². The van der Waals surface area contributed by atoms with Crippen LogP contribution in [0.15, 0.2) is 22.2 Å². The Morgan fingerprint density at radius 2 is 2.06 bits per heavy atom. The number of fused-ring (bicyclic) bond motifs is 1. The van der Waals surface area contributed by atoms with Crippen LogP contribution in [0, 0.1) is 22.7 Å². The van der Waals surface area contributed by atoms with E-state index in [0.717, 1.165) is 42.5 Å². The SMILES string of the molecule is CCOc1cc(/C=C(\C#N)C(=O)Nc2sc3c(c2C#N)CCCC3)cc(Br)c1O[C@H](C)CC. The van der Waals surface area contributed by atoms with Crippen molar-refractivity contribution in [2.45, 2.75) is 59.0 Å². The number of benzene rings is 1. The number of hydrogen-bond donors (Lipinski definition) is 1. The van der Waals surface area contributed by atoms with Crippen molar-refractivity contribution in [3.05, 3.63) is 43.7 Å². The Kier molecular flexibility index (Phi) is 8.55.